The third-order valence-corrected chi connectivity index (χ3v) is 5.35. The van der Waals surface area contributed by atoms with Gasteiger partial charge in [-0.25, -0.2) is 0 Å². The van der Waals surface area contributed by atoms with Crippen LogP contribution in [0, 0.1) is 17.8 Å². The van der Waals surface area contributed by atoms with Gasteiger partial charge in [0, 0.05) is 19.2 Å². The molecule has 3 atom stereocenters. The maximum absolute atomic E-state index is 12.6. The Labute approximate surface area is 127 Å². The molecule has 1 aromatic carbocycles. The van der Waals surface area contributed by atoms with Crippen molar-refractivity contribution < 1.29 is 4.79 Å². The van der Waals surface area contributed by atoms with Gasteiger partial charge in [0.15, 0.2) is 0 Å². The van der Waals surface area contributed by atoms with Gasteiger partial charge in [-0.3, -0.25) is 4.79 Å². The maximum atomic E-state index is 12.6. The summed E-state index contributed by atoms with van der Waals surface area (Å²) in [5, 5.41) is 0. The lowest BCUT2D eigenvalue weighted by Crippen LogP contribution is -2.33. The van der Waals surface area contributed by atoms with E-state index in [4.69, 9.17) is 5.73 Å². The quantitative estimate of drug-likeness (QED) is 0.904. The third-order valence-electron chi connectivity index (χ3n) is 5.35. The monoisotopic (exact) mass is 286 g/mol. The summed E-state index contributed by atoms with van der Waals surface area (Å²) in [6, 6.07) is 7.91. The van der Waals surface area contributed by atoms with E-state index in [0.29, 0.717) is 6.54 Å². The summed E-state index contributed by atoms with van der Waals surface area (Å²) in [5.41, 5.74) is 7.54. The van der Waals surface area contributed by atoms with Crippen molar-refractivity contribution in [3.8, 4) is 0 Å². The summed E-state index contributed by atoms with van der Waals surface area (Å²) < 4.78 is 0. The number of carbonyl (C=O) groups excluding carboxylic acids is 1. The van der Waals surface area contributed by atoms with Gasteiger partial charge in [-0.1, -0.05) is 18.6 Å². The lowest BCUT2D eigenvalue weighted by atomic mass is 9.88. The van der Waals surface area contributed by atoms with Crippen LogP contribution >= 0.6 is 0 Å². The zero-order chi connectivity index (χ0) is 14.8. The number of hydrogen-bond donors (Lipinski definition) is 1. The zero-order valence-corrected chi connectivity index (χ0v) is 12.9. The number of hydrogen-bond acceptors (Lipinski definition) is 2. The largest absolute Gasteiger partial charge is 0.341 e. The maximum Gasteiger partial charge on any atom is 0.253 e. The molecule has 2 bridgehead atoms. The Morgan fingerprint density at radius 2 is 2.19 bits per heavy atom. The second kappa shape index (κ2) is 6.18. The van der Waals surface area contributed by atoms with Gasteiger partial charge in [0.05, 0.1) is 0 Å². The van der Waals surface area contributed by atoms with Crippen LogP contribution in [0.1, 0.15) is 41.6 Å². The van der Waals surface area contributed by atoms with Crippen LogP contribution in [0.25, 0.3) is 0 Å². The molecule has 0 aromatic heterocycles. The molecule has 0 radical (unpaired) electrons. The average Bonchev–Trinajstić information content (AvgIpc) is 3.09. The second-order valence-electron chi connectivity index (χ2n) is 6.86. The minimum Gasteiger partial charge on any atom is -0.341 e. The van der Waals surface area contributed by atoms with Gasteiger partial charge in [0.1, 0.15) is 0 Å². The van der Waals surface area contributed by atoms with Crippen molar-refractivity contribution in [1.29, 1.82) is 0 Å². The molecule has 2 fully saturated rings. The highest BCUT2D eigenvalue weighted by Gasteiger charge is 2.40. The van der Waals surface area contributed by atoms with E-state index in [0.717, 1.165) is 41.8 Å². The highest BCUT2D eigenvalue weighted by atomic mass is 16.2. The molecule has 2 saturated carbocycles. The van der Waals surface area contributed by atoms with Crippen molar-refractivity contribution in [2.45, 2.75) is 32.1 Å². The van der Waals surface area contributed by atoms with Crippen molar-refractivity contribution in [2.24, 2.45) is 23.5 Å². The highest BCUT2D eigenvalue weighted by molar-refractivity contribution is 5.94. The fourth-order valence-corrected chi connectivity index (χ4v) is 4.28. The molecule has 0 spiro atoms. The van der Waals surface area contributed by atoms with Gasteiger partial charge in [-0.15, -0.1) is 0 Å². The van der Waals surface area contributed by atoms with Crippen LogP contribution in [0.5, 0.6) is 0 Å². The Kier molecular flexibility index (Phi) is 4.29. The number of nitrogens with zero attached hydrogens (tertiary/aromatic N) is 1. The van der Waals surface area contributed by atoms with E-state index in [2.05, 4.69) is 0 Å². The van der Waals surface area contributed by atoms with E-state index in [1.54, 1.807) is 0 Å². The molecule has 3 unspecified atom stereocenters. The Morgan fingerprint density at radius 3 is 2.86 bits per heavy atom. The lowest BCUT2D eigenvalue weighted by molar-refractivity contribution is 0.0754. The first-order valence-corrected chi connectivity index (χ1v) is 8.22. The Bertz CT molecular complexity index is 514. The minimum absolute atomic E-state index is 0.150. The number of nitrogens with two attached hydrogens (primary N) is 1. The number of amides is 1. The van der Waals surface area contributed by atoms with Gasteiger partial charge in [-0.2, -0.15) is 0 Å². The van der Waals surface area contributed by atoms with Crippen molar-refractivity contribution in [3.63, 3.8) is 0 Å². The predicted molar refractivity (Wildman–Crippen MR) is 85.1 cm³/mol. The van der Waals surface area contributed by atoms with Gasteiger partial charge in [-0.05, 0) is 67.7 Å². The number of fused-ring (bicyclic) bond motifs is 2. The second-order valence-corrected chi connectivity index (χ2v) is 6.86. The van der Waals surface area contributed by atoms with Crippen molar-refractivity contribution in [1.82, 2.24) is 4.90 Å². The van der Waals surface area contributed by atoms with Crippen molar-refractivity contribution in [2.75, 3.05) is 20.1 Å². The van der Waals surface area contributed by atoms with Crippen molar-refractivity contribution >= 4 is 5.91 Å². The molecule has 3 nitrogen and oxygen atoms in total. The fraction of sp³-hybridized carbons (Fsp3) is 0.611. The molecule has 0 saturated heterocycles. The summed E-state index contributed by atoms with van der Waals surface area (Å²) in [6.45, 7) is 1.54. The zero-order valence-electron chi connectivity index (χ0n) is 12.9. The smallest absolute Gasteiger partial charge is 0.253 e. The van der Waals surface area contributed by atoms with E-state index in [1.807, 2.05) is 36.2 Å². The Hall–Kier alpha value is -1.35. The minimum atomic E-state index is 0.150. The van der Waals surface area contributed by atoms with E-state index < -0.39 is 0 Å². The molecule has 2 aliphatic carbocycles. The van der Waals surface area contributed by atoms with Gasteiger partial charge in [0.2, 0.25) is 0 Å². The first-order valence-electron chi connectivity index (χ1n) is 8.22. The van der Waals surface area contributed by atoms with Crippen LogP contribution in [-0.4, -0.2) is 30.9 Å². The normalized spacial score (nSPS) is 27.0. The molecule has 3 rings (SSSR count). The lowest BCUT2D eigenvalue weighted by Gasteiger charge is -2.27. The summed E-state index contributed by atoms with van der Waals surface area (Å²) in [6.07, 6.45) is 6.36. The van der Waals surface area contributed by atoms with E-state index in [9.17, 15) is 4.79 Å². The van der Waals surface area contributed by atoms with Crippen LogP contribution < -0.4 is 5.73 Å². The first kappa shape index (κ1) is 14.6. The molecular weight excluding hydrogens is 260 g/mol. The van der Waals surface area contributed by atoms with Crippen LogP contribution in [-0.2, 0) is 6.42 Å². The molecule has 2 N–H and O–H groups in total. The molecule has 21 heavy (non-hydrogen) atoms. The average molecular weight is 286 g/mol. The summed E-state index contributed by atoms with van der Waals surface area (Å²) in [4.78, 5) is 14.5. The van der Waals surface area contributed by atoms with Gasteiger partial charge >= 0.3 is 0 Å². The Morgan fingerprint density at radius 1 is 1.33 bits per heavy atom. The molecule has 1 aromatic rings. The number of benzene rings is 1. The highest BCUT2D eigenvalue weighted by Crippen LogP contribution is 2.48. The molecule has 114 valence electrons. The molecule has 3 heteroatoms. The molecular formula is C18H26N2O. The number of carbonyl (C=O) groups is 1. The summed E-state index contributed by atoms with van der Waals surface area (Å²) in [5.74, 6) is 2.69. The van der Waals surface area contributed by atoms with Crippen LogP contribution in [0.15, 0.2) is 24.3 Å². The molecule has 2 aliphatic rings. The van der Waals surface area contributed by atoms with Crippen molar-refractivity contribution in [3.05, 3.63) is 35.4 Å². The van der Waals surface area contributed by atoms with Crippen LogP contribution in [0.4, 0.5) is 0 Å². The van der Waals surface area contributed by atoms with Gasteiger partial charge < -0.3 is 10.6 Å². The first-order chi connectivity index (χ1) is 10.2. The van der Waals surface area contributed by atoms with E-state index in [1.165, 1.54) is 25.7 Å². The number of rotatable bonds is 5. The van der Waals surface area contributed by atoms with E-state index in [-0.39, 0.29) is 5.91 Å². The molecule has 0 heterocycles. The van der Waals surface area contributed by atoms with Gasteiger partial charge in [0.25, 0.3) is 5.91 Å². The standard InChI is InChI=1S/C18H26N2O/c1-20(12-17-11-14-5-6-15(17)10-14)18(21)16-4-2-3-13(9-16)7-8-19/h2-4,9,14-15,17H,5-8,10-12,19H2,1H3. The fourth-order valence-electron chi connectivity index (χ4n) is 4.28. The summed E-state index contributed by atoms with van der Waals surface area (Å²) >= 11 is 0. The molecule has 1 amide bonds. The van der Waals surface area contributed by atoms with E-state index >= 15 is 0 Å². The third kappa shape index (κ3) is 3.13. The molecule has 0 aliphatic heterocycles. The SMILES string of the molecule is CN(CC1CC2CCC1C2)C(=O)c1cccc(CCN)c1. The van der Waals surface area contributed by atoms with Crippen LogP contribution in [0.2, 0.25) is 0 Å². The van der Waals surface area contributed by atoms with Crippen LogP contribution in [0.3, 0.4) is 0 Å². The topological polar surface area (TPSA) is 46.3 Å². The predicted octanol–water partition coefficient (Wildman–Crippen LogP) is 2.70. The summed E-state index contributed by atoms with van der Waals surface area (Å²) in [7, 11) is 1.95. The Balaban J connectivity index is 1.62.